The summed E-state index contributed by atoms with van der Waals surface area (Å²) < 4.78 is 13.5. The van der Waals surface area contributed by atoms with Crippen LogP contribution in [0.5, 0.6) is 5.75 Å². The number of nitrogens with zero attached hydrogens (tertiary/aromatic N) is 6. The number of hydrogen-bond acceptors (Lipinski definition) is 8. The molecule has 10 nitrogen and oxygen atoms in total. The number of aromatic nitrogens is 4. The Bertz CT molecular complexity index is 1120. The topological polar surface area (TPSA) is 111 Å². The molecule has 0 spiro atoms. The summed E-state index contributed by atoms with van der Waals surface area (Å²) in [4.78, 5) is 25.0. The number of hydrogen-bond donors (Lipinski definition) is 1. The minimum atomic E-state index is -0.291. The minimum absolute atomic E-state index is 0.219. The molecule has 5 rings (SSSR count). The van der Waals surface area contributed by atoms with Crippen LogP contribution in [0.15, 0.2) is 36.8 Å². The van der Waals surface area contributed by atoms with Gasteiger partial charge < -0.3 is 25.0 Å². The second kappa shape index (κ2) is 9.62. The van der Waals surface area contributed by atoms with Crippen molar-refractivity contribution in [2.24, 2.45) is 5.73 Å². The lowest BCUT2D eigenvalue weighted by atomic mass is 9.99. The van der Waals surface area contributed by atoms with Crippen LogP contribution in [0.4, 0.5) is 10.6 Å². The first-order valence-corrected chi connectivity index (χ1v) is 11.5. The third-order valence-corrected chi connectivity index (χ3v) is 6.33. The van der Waals surface area contributed by atoms with Crippen molar-refractivity contribution in [1.82, 2.24) is 24.5 Å². The molecule has 1 amide bonds. The number of carbonyl (C=O) groups is 1. The Labute approximate surface area is 192 Å². The summed E-state index contributed by atoms with van der Waals surface area (Å²) in [6.07, 6.45) is 6.58. The molecule has 0 radical (unpaired) electrons. The quantitative estimate of drug-likeness (QED) is 0.543. The predicted molar refractivity (Wildman–Crippen MR) is 122 cm³/mol. The van der Waals surface area contributed by atoms with Crippen LogP contribution in [-0.4, -0.2) is 69.5 Å². The Hall–Kier alpha value is -3.40. The number of carbonyl (C=O) groups excluding carboxylic acids is 1. The molecular weight excluding hydrogens is 422 g/mol. The molecule has 174 valence electrons. The summed E-state index contributed by atoms with van der Waals surface area (Å²) >= 11 is 0. The molecule has 2 aliphatic rings. The molecule has 2 aliphatic heterocycles. The Morgan fingerprint density at radius 3 is 3.06 bits per heavy atom. The molecule has 0 unspecified atom stereocenters. The Kier molecular flexibility index (Phi) is 6.25. The van der Waals surface area contributed by atoms with Gasteiger partial charge in [0.1, 0.15) is 24.5 Å². The van der Waals surface area contributed by atoms with Crippen LogP contribution >= 0.6 is 0 Å². The van der Waals surface area contributed by atoms with Gasteiger partial charge in [0.15, 0.2) is 0 Å². The summed E-state index contributed by atoms with van der Waals surface area (Å²) in [5.74, 6) is 2.40. The zero-order chi connectivity index (χ0) is 22.6. The van der Waals surface area contributed by atoms with E-state index in [1.54, 1.807) is 15.6 Å². The highest BCUT2D eigenvalue weighted by Gasteiger charge is 2.29. The highest BCUT2D eigenvalue weighted by atomic mass is 16.6. The van der Waals surface area contributed by atoms with Crippen molar-refractivity contribution in [3.8, 4) is 5.75 Å². The van der Waals surface area contributed by atoms with E-state index in [1.807, 2.05) is 18.2 Å². The average Bonchev–Trinajstić information content (AvgIpc) is 3.52. The molecule has 0 saturated carbocycles. The van der Waals surface area contributed by atoms with Gasteiger partial charge in [0.05, 0.1) is 19.2 Å². The molecule has 33 heavy (non-hydrogen) atoms. The molecule has 1 aromatic carbocycles. The van der Waals surface area contributed by atoms with Crippen LogP contribution in [0, 0.1) is 0 Å². The van der Waals surface area contributed by atoms with Crippen molar-refractivity contribution in [3.05, 3.63) is 47.9 Å². The first-order chi connectivity index (χ1) is 16.2. The molecule has 1 saturated heterocycles. The SMILES string of the molecule is NCCCOC(=O)N1CCc2cccc(OC[C@H]3CCCN3c3ccnc4ncnn34)c2C1. The average molecular weight is 452 g/mol. The van der Waals surface area contributed by atoms with Gasteiger partial charge in [-0.25, -0.2) is 9.78 Å². The number of anilines is 1. The van der Waals surface area contributed by atoms with Gasteiger partial charge in [-0.3, -0.25) is 0 Å². The van der Waals surface area contributed by atoms with E-state index >= 15 is 0 Å². The Morgan fingerprint density at radius 1 is 1.21 bits per heavy atom. The summed E-state index contributed by atoms with van der Waals surface area (Å²) in [7, 11) is 0. The molecule has 10 heteroatoms. The standard InChI is InChI=1S/C23H29N7O3/c24-9-3-13-32-23(31)28-12-8-17-4-1-6-20(19(17)14-28)33-15-18-5-2-11-29(18)21-7-10-25-22-26-16-27-30(21)22/h1,4,6-7,10,16,18H,2-3,5,8-9,11-15,24H2/t18-/m1/s1. The van der Waals surface area contributed by atoms with Crippen molar-refractivity contribution in [2.75, 3.05) is 37.7 Å². The molecule has 2 N–H and O–H groups in total. The number of benzene rings is 1. The van der Waals surface area contributed by atoms with Gasteiger partial charge in [0, 0.05) is 24.8 Å². The van der Waals surface area contributed by atoms with Gasteiger partial charge in [-0.05, 0) is 49.9 Å². The Morgan fingerprint density at radius 2 is 2.15 bits per heavy atom. The highest BCUT2D eigenvalue weighted by Crippen LogP contribution is 2.30. The summed E-state index contributed by atoms with van der Waals surface area (Å²) in [6.45, 7) is 3.48. The molecule has 3 aromatic rings. The van der Waals surface area contributed by atoms with E-state index in [-0.39, 0.29) is 12.1 Å². The molecule has 2 aromatic heterocycles. The minimum Gasteiger partial charge on any atom is -0.491 e. The van der Waals surface area contributed by atoms with Crippen molar-refractivity contribution < 1.29 is 14.3 Å². The fourth-order valence-electron chi connectivity index (χ4n) is 4.62. The van der Waals surface area contributed by atoms with Crippen LogP contribution in [0.3, 0.4) is 0 Å². The molecule has 1 atom stereocenters. The van der Waals surface area contributed by atoms with E-state index in [1.165, 1.54) is 11.9 Å². The first kappa shape index (κ1) is 21.4. The number of rotatable bonds is 7. The fourth-order valence-corrected chi connectivity index (χ4v) is 4.62. The van der Waals surface area contributed by atoms with Crippen LogP contribution in [-0.2, 0) is 17.7 Å². The van der Waals surface area contributed by atoms with Gasteiger partial charge in [0.2, 0.25) is 0 Å². The second-order valence-corrected chi connectivity index (χ2v) is 8.40. The van der Waals surface area contributed by atoms with E-state index in [9.17, 15) is 4.79 Å². The number of fused-ring (bicyclic) bond motifs is 2. The zero-order valence-electron chi connectivity index (χ0n) is 18.6. The smallest absolute Gasteiger partial charge is 0.410 e. The van der Waals surface area contributed by atoms with Crippen molar-refractivity contribution >= 4 is 17.7 Å². The second-order valence-electron chi connectivity index (χ2n) is 8.40. The van der Waals surface area contributed by atoms with Gasteiger partial charge in [-0.15, -0.1) is 0 Å². The molecular formula is C23H29N7O3. The lowest BCUT2D eigenvalue weighted by Crippen LogP contribution is -2.37. The normalized spacial score (nSPS) is 17.9. The third-order valence-electron chi connectivity index (χ3n) is 6.33. The summed E-state index contributed by atoms with van der Waals surface area (Å²) in [5, 5.41) is 4.33. The van der Waals surface area contributed by atoms with E-state index in [0.717, 1.165) is 42.9 Å². The van der Waals surface area contributed by atoms with Gasteiger partial charge >= 0.3 is 6.09 Å². The van der Waals surface area contributed by atoms with Crippen LogP contribution in [0.25, 0.3) is 5.78 Å². The maximum Gasteiger partial charge on any atom is 0.410 e. The monoisotopic (exact) mass is 451 g/mol. The lowest BCUT2D eigenvalue weighted by Gasteiger charge is -2.30. The molecule has 4 heterocycles. The number of ether oxygens (including phenoxy) is 2. The molecule has 1 fully saturated rings. The Balaban J connectivity index is 1.28. The highest BCUT2D eigenvalue weighted by molar-refractivity contribution is 5.68. The predicted octanol–water partition coefficient (Wildman–Crippen LogP) is 2.02. The first-order valence-electron chi connectivity index (χ1n) is 11.5. The summed E-state index contributed by atoms with van der Waals surface area (Å²) in [6, 6.07) is 8.32. The van der Waals surface area contributed by atoms with Gasteiger partial charge in [-0.1, -0.05) is 12.1 Å². The molecule has 0 aliphatic carbocycles. The van der Waals surface area contributed by atoms with Gasteiger partial charge in [0.25, 0.3) is 5.78 Å². The number of nitrogens with two attached hydrogens (primary N) is 1. The third kappa shape index (κ3) is 4.43. The van der Waals surface area contributed by atoms with E-state index in [2.05, 4.69) is 26.0 Å². The van der Waals surface area contributed by atoms with E-state index in [4.69, 9.17) is 15.2 Å². The van der Waals surface area contributed by atoms with Crippen LogP contribution < -0.4 is 15.4 Å². The van der Waals surface area contributed by atoms with Gasteiger partial charge in [-0.2, -0.15) is 14.6 Å². The van der Waals surface area contributed by atoms with Crippen molar-refractivity contribution in [2.45, 2.75) is 38.3 Å². The van der Waals surface area contributed by atoms with Crippen molar-refractivity contribution in [1.29, 1.82) is 0 Å². The van der Waals surface area contributed by atoms with E-state index < -0.39 is 0 Å². The largest absolute Gasteiger partial charge is 0.491 e. The van der Waals surface area contributed by atoms with Crippen LogP contribution in [0.2, 0.25) is 0 Å². The van der Waals surface area contributed by atoms with Crippen LogP contribution in [0.1, 0.15) is 30.4 Å². The maximum atomic E-state index is 12.4. The maximum absolute atomic E-state index is 12.4. The number of amides is 1. The lowest BCUT2D eigenvalue weighted by molar-refractivity contribution is 0.0968. The van der Waals surface area contributed by atoms with Crippen molar-refractivity contribution in [3.63, 3.8) is 0 Å². The van der Waals surface area contributed by atoms with E-state index in [0.29, 0.717) is 45.0 Å². The summed E-state index contributed by atoms with van der Waals surface area (Å²) in [5.41, 5.74) is 7.78. The fraction of sp³-hybridized carbons (Fsp3) is 0.478. The molecule has 0 bridgehead atoms. The zero-order valence-corrected chi connectivity index (χ0v) is 18.6.